The average molecular weight is 701 g/mol. The number of carboxylic acids is 2. The molecular formula is C31H30F6N4O8. The lowest BCUT2D eigenvalue weighted by molar-refractivity contribution is -0.193. The van der Waals surface area contributed by atoms with Crippen LogP contribution in [-0.2, 0) is 21.0 Å². The number of likely N-dealkylation sites (tertiary alicyclic amines) is 1. The van der Waals surface area contributed by atoms with Crippen LogP contribution in [0, 0.1) is 19.3 Å². The molecule has 1 unspecified atom stereocenters. The first-order valence-electron chi connectivity index (χ1n) is 13.9. The van der Waals surface area contributed by atoms with Crippen molar-refractivity contribution in [2.75, 3.05) is 19.6 Å². The third-order valence-electron chi connectivity index (χ3n) is 6.68. The molecule has 0 bridgehead atoms. The Balaban J connectivity index is 0.000000500. The number of hydrogen-bond donors (Lipinski definition) is 5. The number of nitrogens with one attached hydrogen (secondary N) is 2. The molecular weight excluding hydrogens is 670 g/mol. The highest BCUT2D eigenvalue weighted by atomic mass is 19.4. The molecule has 1 aliphatic heterocycles. The number of fused-ring (bicyclic) bond motifs is 1. The van der Waals surface area contributed by atoms with Crippen molar-refractivity contribution in [3.8, 4) is 18.1 Å². The van der Waals surface area contributed by atoms with Gasteiger partial charge in [0.15, 0.2) is 0 Å². The smallest absolute Gasteiger partial charge is 0.489 e. The first-order valence-corrected chi connectivity index (χ1v) is 13.9. The molecule has 2 aromatic carbocycles. The number of aromatic nitrogens is 1. The van der Waals surface area contributed by atoms with Crippen molar-refractivity contribution in [1.82, 2.24) is 20.7 Å². The number of hydroxylamine groups is 1. The summed E-state index contributed by atoms with van der Waals surface area (Å²) in [6.45, 7) is 3.84. The van der Waals surface area contributed by atoms with E-state index in [9.17, 15) is 35.9 Å². The molecule has 3 aromatic rings. The third kappa shape index (κ3) is 12.6. The van der Waals surface area contributed by atoms with Crippen LogP contribution < -0.4 is 15.5 Å². The van der Waals surface area contributed by atoms with Gasteiger partial charge in [-0.05, 0) is 49.7 Å². The molecule has 1 saturated heterocycles. The SMILES string of the molecule is C#CCN1CCC(CC(=O)NO)(NC(=O)c2ccc(OCc3cc(C)nc4ccccc34)cc2)C1.O=C(O)C(F)(F)F.O=C(O)C(F)(F)F. The first-order chi connectivity index (χ1) is 22.8. The fraction of sp³-hybridized carbons (Fsp3) is 0.323. The van der Waals surface area contributed by atoms with Gasteiger partial charge in [-0.2, -0.15) is 26.3 Å². The molecule has 0 aliphatic carbocycles. The number of carbonyl (C=O) groups is 4. The highest BCUT2D eigenvalue weighted by Gasteiger charge is 2.41. The van der Waals surface area contributed by atoms with E-state index in [2.05, 4.69) is 16.2 Å². The fourth-order valence-corrected chi connectivity index (χ4v) is 4.55. The Kier molecular flexibility index (Phi) is 13.9. The number of pyridine rings is 1. The van der Waals surface area contributed by atoms with E-state index in [1.165, 1.54) is 0 Å². The van der Waals surface area contributed by atoms with Gasteiger partial charge in [0.2, 0.25) is 5.91 Å². The summed E-state index contributed by atoms with van der Waals surface area (Å²) < 4.78 is 69.5. The van der Waals surface area contributed by atoms with Crippen molar-refractivity contribution in [1.29, 1.82) is 0 Å². The number of hydrogen-bond acceptors (Lipinski definition) is 8. The number of para-hydroxylation sites is 1. The summed E-state index contributed by atoms with van der Waals surface area (Å²) in [4.78, 5) is 49.2. The zero-order valence-corrected chi connectivity index (χ0v) is 25.6. The molecule has 0 saturated carbocycles. The molecule has 12 nitrogen and oxygen atoms in total. The molecule has 0 spiro atoms. The molecule has 2 amide bonds. The minimum atomic E-state index is -5.08. The van der Waals surface area contributed by atoms with Gasteiger partial charge in [-0.3, -0.25) is 24.7 Å². The standard InChI is InChI=1S/C27H28N4O4.2C2HF3O2/c1-3-13-31-14-12-27(18-31,16-25(32)30-34)29-26(33)20-8-10-22(11-9-20)35-17-21-15-19(2)28-24-7-5-4-6-23(21)24;2*3-2(4,5)1(6)7/h1,4-11,15,34H,12-14,16-18H2,2H3,(H,29,33)(H,30,32);2*(H,6,7). The monoisotopic (exact) mass is 700 g/mol. The number of halogens is 6. The number of carbonyl (C=O) groups excluding carboxylic acids is 2. The number of terminal acetylenes is 1. The third-order valence-corrected chi connectivity index (χ3v) is 6.68. The summed E-state index contributed by atoms with van der Waals surface area (Å²) in [7, 11) is 0. The minimum Gasteiger partial charge on any atom is -0.489 e. The van der Waals surface area contributed by atoms with Crippen LogP contribution in [0.25, 0.3) is 10.9 Å². The summed E-state index contributed by atoms with van der Waals surface area (Å²) in [5, 5.41) is 27.3. The lowest BCUT2D eigenvalue weighted by Crippen LogP contribution is -2.53. The fourth-order valence-electron chi connectivity index (χ4n) is 4.55. The summed E-state index contributed by atoms with van der Waals surface area (Å²) in [6.07, 6.45) is -4.25. The zero-order valence-electron chi connectivity index (χ0n) is 25.6. The number of ether oxygens (including phenoxy) is 1. The van der Waals surface area contributed by atoms with E-state index in [1.54, 1.807) is 29.7 Å². The summed E-state index contributed by atoms with van der Waals surface area (Å²) in [5.74, 6) is -3.16. The van der Waals surface area contributed by atoms with Crippen LogP contribution in [0.5, 0.6) is 5.75 Å². The summed E-state index contributed by atoms with van der Waals surface area (Å²) in [6, 6.07) is 16.8. The molecule has 264 valence electrons. The second-order valence-electron chi connectivity index (χ2n) is 10.5. The molecule has 49 heavy (non-hydrogen) atoms. The topological polar surface area (TPSA) is 178 Å². The quantitative estimate of drug-likeness (QED) is 0.0995. The highest BCUT2D eigenvalue weighted by molar-refractivity contribution is 5.95. The van der Waals surface area contributed by atoms with Crippen LogP contribution >= 0.6 is 0 Å². The maximum absolute atomic E-state index is 13.0. The van der Waals surface area contributed by atoms with E-state index in [4.69, 9.17) is 36.2 Å². The largest absolute Gasteiger partial charge is 0.490 e. The van der Waals surface area contributed by atoms with E-state index < -0.39 is 35.7 Å². The molecule has 0 radical (unpaired) electrons. The highest BCUT2D eigenvalue weighted by Crippen LogP contribution is 2.26. The van der Waals surface area contributed by atoms with Crippen molar-refractivity contribution in [3.05, 3.63) is 71.4 Å². The summed E-state index contributed by atoms with van der Waals surface area (Å²) >= 11 is 0. The van der Waals surface area contributed by atoms with Crippen molar-refractivity contribution >= 4 is 34.7 Å². The van der Waals surface area contributed by atoms with E-state index in [1.807, 2.05) is 42.2 Å². The van der Waals surface area contributed by atoms with Gasteiger partial charge in [-0.15, -0.1) is 6.42 Å². The molecule has 18 heteroatoms. The second-order valence-corrected chi connectivity index (χ2v) is 10.5. The molecule has 1 atom stereocenters. The number of carboxylic acid groups (broad SMARTS) is 2. The van der Waals surface area contributed by atoms with Gasteiger partial charge in [-0.25, -0.2) is 15.1 Å². The first kappa shape index (κ1) is 39.8. The Hall–Kier alpha value is -5.41. The van der Waals surface area contributed by atoms with E-state index in [-0.39, 0.29) is 12.3 Å². The zero-order chi connectivity index (χ0) is 37.0. The van der Waals surface area contributed by atoms with Gasteiger partial charge in [0.1, 0.15) is 12.4 Å². The van der Waals surface area contributed by atoms with Crippen LogP contribution in [0.2, 0.25) is 0 Å². The lowest BCUT2D eigenvalue weighted by atomic mass is 9.93. The van der Waals surface area contributed by atoms with Gasteiger partial charge in [0, 0.05) is 35.3 Å². The maximum Gasteiger partial charge on any atom is 0.490 e. The van der Waals surface area contributed by atoms with Crippen LogP contribution in [0.15, 0.2) is 54.6 Å². The Bertz CT molecular complexity index is 1650. The number of amides is 2. The predicted molar refractivity (Wildman–Crippen MR) is 159 cm³/mol. The molecule has 4 rings (SSSR count). The number of alkyl halides is 6. The van der Waals surface area contributed by atoms with Crippen LogP contribution in [0.3, 0.4) is 0 Å². The van der Waals surface area contributed by atoms with Gasteiger partial charge in [0.25, 0.3) is 5.91 Å². The number of nitrogens with zero attached hydrogens (tertiary/aromatic N) is 2. The Labute approximate surface area is 274 Å². The molecule has 2 heterocycles. The van der Waals surface area contributed by atoms with Crippen molar-refractivity contribution in [2.45, 2.75) is 44.3 Å². The average Bonchev–Trinajstić information content (AvgIpc) is 3.41. The Morgan fingerprint density at radius 3 is 2.10 bits per heavy atom. The predicted octanol–water partition coefficient (Wildman–Crippen LogP) is 4.09. The van der Waals surface area contributed by atoms with Gasteiger partial charge < -0.3 is 20.3 Å². The van der Waals surface area contributed by atoms with Gasteiger partial charge in [0.05, 0.1) is 24.0 Å². The van der Waals surface area contributed by atoms with Gasteiger partial charge >= 0.3 is 24.3 Å². The molecule has 1 fully saturated rings. The van der Waals surface area contributed by atoms with Crippen LogP contribution in [-0.4, -0.2) is 86.6 Å². The van der Waals surface area contributed by atoms with Crippen molar-refractivity contribution in [2.24, 2.45) is 0 Å². The van der Waals surface area contributed by atoms with E-state index in [0.717, 1.165) is 22.2 Å². The van der Waals surface area contributed by atoms with Crippen LogP contribution in [0.4, 0.5) is 26.3 Å². The van der Waals surface area contributed by atoms with E-state index >= 15 is 0 Å². The number of aliphatic carboxylic acids is 2. The van der Waals surface area contributed by atoms with Crippen LogP contribution in [0.1, 0.15) is 34.5 Å². The van der Waals surface area contributed by atoms with E-state index in [0.29, 0.717) is 44.0 Å². The Morgan fingerprint density at radius 1 is 1.00 bits per heavy atom. The summed E-state index contributed by atoms with van der Waals surface area (Å²) in [5.41, 5.74) is 4.18. The number of rotatable bonds is 8. The molecule has 1 aliphatic rings. The lowest BCUT2D eigenvalue weighted by Gasteiger charge is -2.30. The Morgan fingerprint density at radius 2 is 1.57 bits per heavy atom. The number of aryl methyl sites for hydroxylation is 1. The van der Waals surface area contributed by atoms with Crippen molar-refractivity contribution in [3.63, 3.8) is 0 Å². The minimum absolute atomic E-state index is 0.0448. The maximum atomic E-state index is 13.0. The second kappa shape index (κ2) is 17.1. The van der Waals surface area contributed by atoms with Crippen molar-refractivity contribution < 1.29 is 65.7 Å². The number of benzene rings is 2. The normalized spacial score (nSPS) is 15.8. The molecule has 1 aromatic heterocycles. The molecule has 5 N–H and O–H groups in total. The van der Waals surface area contributed by atoms with Gasteiger partial charge in [-0.1, -0.05) is 24.1 Å².